The number of phenols is 1. The van der Waals surface area contributed by atoms with Crippen molar-refractivity contribution in [3.8, 4) is 5.75 Å². The second-order valence-electron chi connectivity index (χ2n) is 10.3. The average Bonchev–Trinajstić information content (AvgIpc) is 3.03. The van der Waals surface area contributed by atoms with E-state index in [1.54, 1.807) is 0 Å². The molecule has 45 heavy (non-hydrogen) atoms. The van der Waals surface area contributed by atoms with Crippen LogP contribution in [0.15, 0.2) is 79.0 Å². The molecule has 0 unspecified atom stereocenters. The van der Waals surface area contributed by atoms with Gasteiger partial charge in [0.15, 0.2) is 0 Å². The first-order chi connectivity index (χ1) is 21.8. The average molecular weight is 625 g/mol. The summed E-state index contributed by atoms with van der Waals surface area (Å²) in [5.74, 6) is -1.99. The summed E-state index contributed by atoms with van der Waals surface area (Å²) in [6.07, 6.45) is 29.7. The van der Waals surface area contributed by atoms with Crippen LogP contribution in [0.1, 0.15) is 95.3 Å². The van der Waals surface area contributed by atoms with Crippen molar-refractivity contribution in [3.63, 3.8) is 0 Å². The number of hydrogen-bond donors (Lipinski definition) is 4. The molecule has 0 radical (unpaired) electrons. The number of allylic oxidation sites excluding steroid dienone is 10. The van der Waals surface area contributed by atoms with Gasteiger partial charge in [-0.3, -0.25) is 10.1 Å². The number of carboxylic acid groups (broad SMARTS) is 1. The summed E-state index contributed by atoms with van der Waals surface area (Å²) in [5, 5.41) is 23.8. The third-order valence-electron chi connectivity index (χ3n) is 6.95. The second-order valence-corrected chi connectivity index (χ2v) is 10.3. The predicted molar refractivity (Wildman–Crippen MR) is 181 cm³/mol. The number of anilines is 1. The van der Waals surface area contributed by atoms with Crippen molar-refractivity contribution in [2.24, 2.45) is 0 Å². The largest absolute Gasteiger partial charge is 0.507 e. The zero-order chi connectivity index (χ0) is 33.2. The summed E-state index contributed by atoms with van der Waals surface area (Å²) in [4.78, 5) is 36.1. The van der Waals surface area contributed by atoms with Crippen molar-refractivity contribution in [2.45, 2.75) is 90.6 Å². The summed E-state index contributed by atoms with van der Waals surface area (Å²) in [7, 11) is 0. The molecule has 0 saturated heterocycles. The smallest absolute Gasteiger partial charge is 0.411 e. The first-order valence-electron chi connectivity index (χ1n) is 16.0. The van der Waals surface area contributed by atoms with E-state index in [-0.39, 0.29) is 30.3 Å². The fourth-order valence-electron chi connectivity index (χ4n) is 4.25. The topological polar surface area (TPSA) is 134 Å². The Bertz CT molecular complexity index is 1160. The van der Waals surface area contributed by atoms with Crippen LogP contribution >= 0.6 is 0 Å². The summed E-state index contributed by atoms with van der Waals surface area (Å²) < 4.78 is 11.1. The SMILES string of the molecule is CC/C=C\C/C=C\C/C=C\C/C=C\C/C=C\CCCCOC(CC)(CC)C(=O)NCCOC(=O)Nc1ccc(O)c(C(=O)O)c1. The molecule has 0 aromatic heterocycles. The van der Waals surface area contributed by atoms with Crippen LogP contribution in [0.5, 0.6) is 5.75 Å². The highest BCUT2D eigenvalue weighted by molar-refractivity contribution is 5.94. The van der Waals surface area contributed by atoms with Gasteiger partial charge in [-0.15, -0.1) is 0 Å². The Morgan fingerprint density at radius 2 is 1.38 bits per heavy atom. The zero-order valence-corrected chi connectivity index (χ0v) is 27.1. The number of aromatic hydroxyl groups is 1. The maximum Gasteiger partial charge on any atom is 0.411 e. The van der Waals surface area contributed by atoms with Gasteiger partial charge in [0.25, 0.3) is 5.91 Å². The van der Waals surface area contributed by atoms with Crippen molar-refractivity contribution in [3.05, 3.63) is 84.5 Å². The first kappa shape index (κ1) is 38.9. The molecule has 248 valence electrons. The number of ether oxygens (including phenoxy) is 2. The third kappa shape index (κ3) is 17.1. The van der Waals surface area contributed by atoms with Crippen LogP contribution in [0.3, 0.4) is 0 Å². The Morgan fingerprint density at radius 3 is 1.93 bits per heavy atom. The van der Waals surface area contributed by atoms with Gasteiger partial charge in [-0.2, -0.15) is 0 Å². The third-order valence-corrected chi connectivity index (χ3v) is 6.95. The Balaban J connectivity index is 2.24. The number of amides is 2. The van der Waals surface area contributed by atoms with Gasteiger partial charge in [-0.05, 0) is 82.4 Å². The van der Waals surface area contributed by atoms with Gasteiger partial charge >= 0.3 is 12.1 Å². The molecule has 0 aliphatic carbocycles. The number of carbonyl (C=O) groups excluding carboxylic acids is 2. The Hall–Kier alpha value is -4.11. The molecule has 0 aliphatic rings. The van der Waals surface area contributed by atoms with Crippen LogP contribution < -0.4 is 10.6 Å². The number of aromatic carboxylic acids is 1. The molecule has 0 saturated carbocycles. The maximum absolute atomic E-state index is 12.9. The van der Waals surface area contributed by atoms with Crippen LogP contribution in [-0.2, 0) is 14.3 Å². The quantitative estimate of drug-likeness (QED) is 0.0547. The molecule has 0 bridgehead atoms. The number of hydrogen-bond acceptors (Lipinski definition) is 6. The summed E-state index contributed by atoms with van der Waals surface area (Å²) in [6.45, 7) is 6.44. The highest BCUT2D eigenvalue weighted by atomic mass is 16.5. The van der Waals surface area contributed by atoms with E-state index in [0.29, 0.717) is 19.4 Å². The minimum Gasteiger partial charge on any atom is -0.507 e. The van der Waals surface area contributed by atoms with Crippen molar-refractivity contribution in [2.75, 3.05) is 25.1 Å². The zero-order valence-electron chi connectivity index (χ0n) is 27.1. The molecular weight excluding hydrogens is 572 g/mol. The molecule has 9 heteroatoms. The molecule has 0 fully saturated rings. The molecule has 1 aromatic rings. The number of unbranched alkanes of at least 4 members (excludes halogenated alkanes) is 2. The monoisotopic (exact) mass is 624 g/mol. The molecule has 0 aliphatic heterocycles. The molecule has 0 heterocycles. The molecule has 9 nitrogen and oxygen atoms in total. The maximum atomic E-state index is 12.9. The van der Waals surface area contributed by atoms with E-state index in [1.165, 1.54) is 12.1 Å². The van der Waals surface area contributed by atoms with Gasteiger partial charge in [-0.1, -0.05) is 81.5 Å². The van der Waals surface area contributed by atoms with E-state index in [2.05, 4.69) is 78.3 Å². The van der Waals surface area contributed by atoms with E-state index in [4.69, 9.17) is 14.6 Å². The summed E-state index contributed by atoms with van der Waals surface area (Å²) in [6, 6.07) is 3.64. The van der Waals surface area contributed by atoms with Crippen LogP contribution in [-0.4, -0.2) is 53.5 Å². The molecule has 0 atom stereocenters. The van der Waals surface area contributed by atoms with Gasteiger partial charge in [0.1, 0.15) is 23.5 Å². The lowest BCUT2D eigenvalue weighted by molar-refractivity contribution is -0.149. The van der Waals surface area contributed by atoms with Crippen LogP contribution in [0.2, 0.25) is 0 Å². The molecule has 1 aromatic carbocycles. The minimum atomic E-state index is -1.32. The highest BCUT2D eigenvalue weighted by Crippen LogP contribution is 2.22. The van der Waals surface area contributed by atoms with Crippen molar-refractivity contribution in [1.82, 2.24) is 5.32 Å². The van der Waals surface area contributed by atoms with E-state index >= 15 is 0 Å². The van der Waals surface area contributed by atoms with Crippen LogP contribution in [0.25, 0.3) is 0 Å². The van der Waals surface area contributed by atoms with Gasteiger partial charge in [-0.25, -0.2) is 9.59 Å². The highest BCUT2D eigenvalue weighted by Gasteiger charge is 2.35. The number of rotatable bonds is 23. The van der Waals surface area contributed by atoms with E-state index in [9.17, 15) is 19.5 Å². The lowest BCUT2D eigenvalue weighted by Gasteiger charge is -2.30. The number of nitrogens with one attached hydrogen (secondary N) is 2. The van der Waals surface area contributed by atoms with Crippen molar-refractivity contribution < 1.29 is 34.1 Å². The van der Waals surface area contributed by atoms with Gasteiger partial charge < -0.3 is 25.0 Å². The molecular formula is C36H52N2O7. The van der Waals surface area contributed by atoms with Crippen LogP contribution in [0, 0.1) is 0 Å². The summed E-state index contributed by atoms with van der Waals surface area (Å²) >= 11 is 0. The van der Waals surface area contributed by atoms with Gasteiger partial charge in [0, 0.05) is 12.3 Å². The van der Waals surface area contributed by atoms with E-state index in [1.807, 2.05) is 13.8 Å². The molecule has 0 spiro atoms. The fraction of sp³-hybridized carbons (Fsp3) is 0.472. The second kappa shape index (κ2) is 24.2. The summed E-state index contributed by atoms with van der Waals surface area (Å²) in [5.41, 5.74) is -1.13. The first-order valence-corrected chi connectivity index (χ1v) is 16.0. The van der Waals surface area contributed by atoms with E-state index < -0.39 is 23.4 Å². The molecule has 2 amide bonds. The van der Waals surface area contributed by atoms with E-state index in [0.717, 1.165) is 57.4 Å². The predicted octanol–water partition coefficient (Wildman–Crippen LogP) is 8.25. The molecule has 1 rings (SSSR count). The number of benzene rings is 1. The number of carbonyl (C=O) groups is 3. The lowest BCUT2D eigenvalue weighted by atomic mass is 9.95. The fourth-order valence-corrected chi connectivity index (χ4v) is 4.25. The van der Waals surface area contributed by atoms with Crippen LogP contribution in [0.4, 0.5) is 10.5 Å². The van der Waals surface area contributed by atoms with Gasteiger partial charge in [0.2, 0.25) is 0 Å². The van der Waals surface area contributed by atoms with Gasteiger partial charge in [0.05, 0.1) is 6.54 Å². The molecule has 4 N–H and O–H groups in total. The standard InChI is InChI=1S/C36H52N2O7/c1-4-7-8-9-10-11-12-13-14-15-16-17-18-19-20-21-22-23-27-45-36(5-2,6-3)34(42)37-26-28-44-35(43)38-30-24-25-32(39)31(29-30)33(40)41/h7-8,10-11,13-14,16-17,19-20,24-25,29,39H,4-6,9,12,15,18,21-23,26-28H2,1-3H3,(H,37,42)(H,38,43)(H,40,41)/b8-7-,11-10-,14-13-,17-16-,20-19-. The minimum absolute atomic E-state index is 0.0851. The Kier molecular flexibility index (Phi) is 21.0. The normalized spacial score (nSPS) is 12.2. The van der Waals surface area contributed by atoms with Crippen molar-refractivity contribution >= 4 is 23.7 Å². The number of carboxylic acids is 1. The van der Waals surface area contributed by atoms with Crippen molar-refractivity contribution in [1.29, 1.82) is 0 Å². The lowest BCUT2D eigenvalue weighted by Crippen LogP contribution is -2.49. The Labute approximate surface area is 268 Å². The Morgan fingerprint density at radius 1 is 0.800 bits per heavy atom.